The van der Waals surface area contributed by atoms with Gasteiger partial charge < -0.3 is 19.6 Å². The Morgan fingerprint density at radius 2 is 2.00 bits per heavy atom. The van der Waals surface area contributed by atoms with E-state index in [1.165, 1.54) is 14.0 Å². The molecule has 0 aliphatic heterocycles. The summed E-state index contributed by atoms with van der Waals surface area (Å²) in [5.74, 6) is -2.49. The SMILES string of the molecule is COc1ccccc1CC(CNC(=O)c1cc(S(N)(=O)=O)c(C)o1)C(=O)O. The number of hydrogen-bond donors (Lipinski definition) is 3. The second-order valence-electron chi connectivity index (χ2n) is 5.84. The molecule has 0 bridgehead atoms. The molecule has 27 heavy (non-hydrogen) atoms. The van der Waals surface area contributed by atoms with Gasteiger partial charge in [0.2, 0.25) is 10.0 Å². The number of methoxy groups -OCH3 is 1. The topological polar surface area (TPSA) is 149 Å². The van der Waals surface area contributed by atoms with Gasteiger partial charge in [-0.2, -0.15) is 0 Å². The summed E-state index contributed by atoms with van der Waals surface area (Å²) in [5.41, 5.74) is 0.687. The van der Waals surface area contributed by atoms with Crippen molar-refractivity contribution in [3.63, 3.8) is 0 Å². The third-order valence-electron chi connectivity index (χ3n) is 3.92. The fourth-order valence-electron chi connectivity index (χ4n) is 2.55. The molecule has 0 aliphatic rings. The molecular formula is C17H20N2O7S. The van der Waals surface area contributed by atoms with E-state index in [9.17, 15) is 23.1 Å². The fraction of sp³-hybridized carbons (Fsp3) is 0.294. The van der Waals surface area contributed by atoms with Crippen LogP contribution in [0, 0.1) is 12.8 Å². The van der Waals surface area contributed by atoms with Gasteiger partial charge in [0.15, 0.2) is 5.76 Å². The molecule has 1 atom stereocenters. The molecule has 0 saturated heterocycles. The Morgan fingerprint density at radius 3 is 2.56 bits per heavy atom. The summed E-state index contributed by atoms with van der Waals surface area (Å²) in [6.45, 7) is 1.18. The molecule has 2 aromatic rings. The lowest BCUT2D eigenvalue weighted by Crippen LogP contribution is -2.34. The first-order valence-electron chi connectivity index (χ1n) is 7.89. The highest BCUT2D eigenvalue weighted by Gasteiger charge is 2.24. The van der Waals surface area contributed by atoms with E-state index in [1.807, 2.05) is 0 Å². The van der Waals surface area contributed by atoms with Gasteiger partial charge in [-0.3, -0.25) is 9.59 Å². The second kappa shape index (κ2) is 8.23. The van der Waals surface area contributed by atoms with Crippen LogP contribution in [-0.2, 0) is 21.2 Å². The number of primary sulfonamides is 1. The van der Waals surface area contributed by atoms with Crippen LogP contribution in [0.3, 0.4) is 0 Å². The third-order valence-corrected chi connectivity index (χ3v) is 4.94. The molecule has 1 amide bonds. The minimum atomic E-state index is -4.02. The predicted molar refractivity (Wildman–Crippen MR) is 95.0 cm³/mol. The van der Waals surface area contributed by atoms with Gasteiger partial charge in [0.1, 0.15) is 16.4 Å². The Bertz CT molecular complexity index is 950. The molecule has 1 aromatic carbocycles. The van der Waals surface area contributed by atoms with Crippen LogP contribution < -0.4 is 15.2 Å². The smallest absolute Gasteiger partial charge is 0.308 e. The number of aliphatic carboxylic acids is 1. The van der Waals surface area contributed by atoms with Crippen molar-refractivity contribution in [2.75, 3.05) is 13.7 Å². The van der Waals surface area contributed by atoms with Crippen LogP contribution in [0.15, 0.2) is 39.6 Å². The Balaban J connectivity index is 2.10. The van der Waals surface area contributed by atoms with E-state index >= 15 is 0 Å². The average Bonchev–Trinajstić information content (AvgIpc) is 3.00. The molecule has 9 nitrogen and oxygen atoms in total. The predicted octanol–water partition coefficient (Wildman–Crippen LogP) is 0.917. The summed E-state index contributed by atoms with van der Waals surface area (Å²) in [7, 11) is -2.54. The van der Waals surface area contributed by atoms with Crippen molar-refractivity contribution < 1.29 is 32.3 Å². The summed E-state index contributed by atoms with van der Waals surface area (Å²) in [6, 6.07) is 7.99. The Labute approximate surface area is 156 Å². The van der Waals surface area contributed by atoms with Crippen LogP contribution in [0.5, 0.6) is 5.75 Å². The molecule has 146 valence electrons. The fourth-order valence-corrected chi connectivity index (χ4v) is 3.26. The van der Waals surface area contributed by atoms with Crippen molar-refractivity contribution in [1.82, 2.24) is 5.32 Å². The van der Waals surface area contributed by atoms with E-state index in [4.69, 9.17) is 14.3 Å². The van der Waals surface area contributed by atoms with E-state index in [2.05, 4.69) is 5.32 Å². The van der Waals surface area contributed by atoms with Crippen molar-refractivity contribution in [3.8, 4) is 5.75 Å². The molecule has 10 heteroatoms. The second-order valence-corrected chi connectivity index (χ2v) is 7.37. The number of rotatable bonds is 8. The Morgan fingerprint density at radius 1 is 1.33 bits per heavy atom. The largest absolute Gasteiger partial charge is 0.496 e. The summed E-state index contributed by atoms with van der Waals surface area (Å²) < 4.78 is 33.1. The molecule has 0 aliphatic carbocycles. The number of carboxylic acid groups (broad SMARTS) is 1. The van der Waals surface area contributed by atoms with Gasteiger partial charge in [0.05, 0.1) is 13.0 Å². The van der Waals surface area contributed by atoms with Crippen molar-refractivity contribution in [2.45, 2.75) is 18.2 Å². The van der Waals surface area contributed by atoms with Gasteiger partial charge in [-0.05, 0) is 25.0 Å². The number of para-hydroxylation sites is 1. The number of carbonyl (C=O) groups is 2. The van der Waals surface area contributed by atoms with E-state index in [0.29, 0.717) is 11.3 Å². The van der Waals surface area contributed by atoms with Gasteiger partial charge in [-0.25, -0.2) is 13.6 Å². The molecular weight excluding hydrogens is 376 g/mol. The Kier molecular flexibility index (Phi) is 6.24. The standard InChI is InChI=1S/C17H20N2O7S/c1-10-15(27(18,23)24)8-14(26-10)16(20)19-9-12(17(21)22)7-11-5-3-4-6-13(11)25-2/h3-6,8,12H,7,9H2,1-2H3,(H,19,20)(H,21,22)(H2,18,23,24). The van der Waals surface area contributed by atoms with E-state index in [1.54, 1.807) is 24.3 Å². The van der Waals surface area contributed by atoms with Crippen LogP contribution >= 0.6 is 0 Å². The van der Waals surface area contributed by atoms with Crippen molar-refractivity contribution in [3.05, 3.63) is 47.4 Å². The molecule has 1 aromatic heterocycles. The maximum atomic E-state index is 12.2. The first kappa shape index (κ1) is 20.5. The molecule has 0 fully saturated rings. The number of amides is 1. The highest BCUT2D eigenvalue weighted by atomic mass is 32.2. The number of furan rings is 1. The zero-order valence-corrected chi connectivity index (χ0v) is 15.6. The van der Waals surface area contributed by atoms with E-state index < -0.39 is 27.8 Å². The van der Waals surface area contributed by atoms with E-state index in [0.717, 1.165) is 6.07 Å². The van der Waals surface area contributed by atoms with Gasteiger partial charge in [0, 0.05) is 12.6 Å². The van der Waals surface area contributed by atoms with Crippen molar-refractivity contribution >= 4 is 21.9 Å². The number of ether oxygens (including phenoxy) is 1. The van der Waals surface area contributed by atoms with Gasteiger partial charge in [0.25, 0.3) is 5.91 Å². The normalized spacial score (nSPS) is 12.4. The third kappa shape index (κ3) is 5.08. The van der Waals surface area contributed by atoms with Crippen molar-refractivity contribution in [1.29, 1.82) is 0 Å². The lowest BCUT2D eigenvalue weighted by molar-refractivity contribution is -0.141. The summed E-state index contributed by atoms with van der Waals surface area (Å²) in [4.78, 5) is 23.4. The number of sulfonamides is 1. The lowest BCUT2D eigenvalue weighted by Gasteiger charge is -2.15. The summed E-state index contributed by atoms with van der Waals surface area (Å²) >= 11 is 0. The van der Waals surface area contributed by atoms with Crippen LogP contribution in [0.2, 0.25) is 0 Å². The van der Waals surface area contributed by atoms with Crippen LogP contribution in [0.25, 0.3) is 0 Å². The van der Waals surface area contributed by atoms with Crippen LogP contribution in [0.4, 0.5) is 0 Å². The highest BCUT2D eigenvalue weighted by Crippen LogP contribution is 2.21. The average molecular weight is 396 g/mol. The zero-order valence-electron chi connectivity index (χ0n) is 14.8. The van der Waals surface area contributed by atoms with Gasteiger partial charge in [-0.15, -0.1) is 0 Å². The number of nitrogens with one attached hydrogen (secondary N) is 1. The summed E-state index contributed by atoms with van der Waals surface area (Å²) in [6.07, 6.45) is 0.138. The quantitative estimate of drug-likeness (QED) is 0.600. The summed E-state index contributed by atoms with van der Waals surface area (Å²) in [5, 5.41) is 16.9. The number of hydrogen-bond acceptors (Lipinski definition) is 6. The van der Waals surface area contributed by atoms with Crippen molar-refractivity contribution in [2.24, 2.45) is 11.1 Å². The first-order chi connectivity index (χ1) is 12.6. The number of carbonyl (C=O) groups excluding carboxylic acids is 1. The molecule has 4 N–H and O–H groups in total. The maximum Gasteiger partial charge on any atom is 0.308 e. The Hall–Kier alpha value is -2.85. The molecule has 2 rings (SSSR count). The first-order valence-corrected chi connectivity index (χ1v) is 9.44. The lowest BCUT2D eigenvalue weighted by atomic mass is 9.98. The van der Waals surface area contributed by atoms with Crippen LogP contribution in [-0.4, -0.2) is 39.1 Å². The molecule has 0 spiro atoms. The number of carboxylic acids is 1. The number of benzene rings is 1. The van der Waals surface area contributed by atoms with E-state index in [-0.39, 0.29) is 29.4 Å². The molecule has 0 saturated carbocycles. The zero-order chi connectivity index (χ0) is 20.2. The molecule has 1 heterocycles. The minimum Gasteiger partial charge on any atom is -0.496 e. The van der Waals surface area contributed by atoms with Crippen LogP contribution in [0.1, 0.15) is 21.9 Å². The minimum absolute atomic E-state index is 0.0218. The van der Waals surface area contributed by atoms with Gasteiger partial charge >= 0.3 is 5.97 Å². The molecule has 1 unspecified atom stereocenters. The number of aryl methyl sites for hydroxylation is 1. The number of nitrogens with two attached hydrogens (primary N) is 1. The molecule has 0 radical (unpaired) electrons. The monoisotopic (exact) mass is 396 g/mol. The highest BCUT2D eigenvalue weighted by molar-refractivity contribution is 7.89. The maximum absolute atomic E-state index is 12.2. The van der Waals surface area contributed by atoms with Gasteiger partial charge in [-0.1, -0.05) is 18.2 Å².